The van der Waals surface area contributed by atoms with E-state index < -0.39 is 0 Å². The molecule has 3 heteroatoms. The van der Waals surface area contributed by atoms with Gasteiger partial charge in [-0.3, -0.25) is 4.79 Å². The molecule has 0 amide bonds. The molecule has 0 aromatic heterocycles. The third kappa shape index (κ3) is 4.88. The van der Waals surface area contributed by atoms with Crippen LogP contribution in [0.5, 0.6) is 0 Å². The molecule has 78 valence electrons. The standard InChI is InChI=1S/C10H21NO2/c1-7(2)8(3)6-11-9(4)10(12)13-5/h7-9,11H,6H2,1-5H3. The van der Waals surface area contributed by atoms with Crippen molar-refractivity contribution in [1.82, 2.24) is 5.32 Å². The van der Waals surface area contributed by atoms with Crippen LogP contribution in [0.3, 0.4) is 0 Å². The molecule has 0 aromatic rings. The predicted molar refractivity (Wildman–Crippen MR) is 53.5 cm³/mol. The third-order valence-corrected chi connectivity index (χ3v) is 2.44. The lowest BCUT2D eigenvalue weighted by atomic mass is 9.98. The molecule has 0 aliphatic heterocycles. The number of nitrogens with one attached hydrogen (secondary N) is 1. The lowest BCUT2D eigenvalue weighted by Gasteiger charge is -2.18. The van der Waals surface area contributed by atoms with Gasteiger partial charge in [-0.05, 0) is 25.3 Å². The Labute approximate surface area is 80.8 Å². The Morgan fingerprint density at radius 2 is 1.85 bits per heavy atom. The highest BCUT2D eigenvalue weighted by atomic mass is 16.5. The summed E-state index contributed by atoms with van der Waals surface area (Å²) in [5.41, 5.74) is 0. The second kappa shape index (κ2) is 5.97. The average molecular weight is 187 g/mol. The van der Waals surface area contributed by atoms with Gasteiger partial charge in [0.1, 0.15) is 6.04 Å². The van der Waals surface area contributed by atoms with Gasteiger partial charge in [-0.25, -0.2) is 0 Å². The number of rotatable bonds is 5. The van der Waals surface area contributed by atoms with Crippen LogP contribution in [0, 0.1) is 11.8 Å². The SMILES string of the molecule is COC(=O)C(C)NCC(C)C(C)C. The van der Waals surface area contributed by atoms with Crippen LogP contribution in [0.4, 0.5) is 0 Å². The number of hydrogen-bond donors (Lipinski definition) is 1. The van der Waals surface area contributed by atoms with Crippen LogP contribution in [0.1, 0.15) is 27.7 Å². The molecule has 0 radical (unpaired) electrons. The van der Waals surface area contributed by atoms with Crippen LogP contribution < -0.4 is 5.32 Å². The van der Waals surface area contributed by atoms with E-state index in [1.807, 2.05) is 6.92 Å². The van der Waals surface area contributed by atoms with Gasteiger partial charge in [-0.15, -0.1) is 0 Å². The van der Waals surface area contributed by atoms with E-state index in [2.05, 4.69) is 30.8 Å². The van der Waals surface area contributed by atoms with Gasteiger partial charge in [-0.2, -0.15) is 0 Å². The molecule has 2 unspecified atom stereocenters. The summed E-state index contributed by atoms with van der Waals surface area (Å²) in [6.07, 6.45) is 0. The number of carbonyl (C=O) groups is 1. The van der Waals surface area contributed by atoms with Gasteiger partial charge in [0.15, 0.2) is 0 Å². The second-order valence-electron chi connectivity index (χ2n) is 3.87. The smallest absolute Gasteiger partial charge is 0.322 e. The Kier molecular flexibility index (Phi) is 5.71. The van der Waals surface area contributed by atoms with Crippen LogP contribution in [-0.4, -0.2) is 25.7 Å². The molecule has 0 heterocycles. The van der Waals surface area contributed by atoms with Gasteiger partial charge in [0.2, 0.25) is 0 Å². The van der Waals surface area contributed by atoms with E-state index in [9.17, 15) is 4.79 Å². The van der Waals surface area contributed by atoms with Crippen molar-refractivity contribution in [1.29, 1.82) is 0 Å². The molecule has 0 aliphatic rings. The fraction of sp³-hybridized carbons (Fsp3) is 0.900. The Bertz CT molecular complexity index is 157. The zero-order valence-electron chi connectivity index (χ0n) is 9.26. The van der Waals surface area contributed by atoms with Crippen molar-refractivity contribution in [3.05, 3.63) is 0 Å². The van der Waals surface area contributed by atoms with Crippen molar-refractivity contribution in [2.24, 2.45) is 11.8 Å². The Hall–Kier alpha value is -0.570. The summed E-state index contributed by atoms with van der Waals surface area (Å²) in [5, 5.41) is 3.14. The van der Waals surface area contributed by atoms with Gasteiger partial charge in [0.25, 0.3) is 0 Å². The van der Waals surface area contributed by atoms with Gasteiger partial charge in [0, 0.05) is 0 Å². The Balaban J connectivity index is 3.69. The molecule has 0 rings (SSSR count). The molecule has 0 saturated carbocycles. The minimum atomic E-state index is -0.203. The molecule has 0 aliphatic carbocycles. The molecule has 0 aromatic carbocycles. The molecule has 1 N–H and O–H groups in total. The maximum absolute atomic E-state index is 11.0. The van der Waals surface area contributed by atoms with Crippen molar-refractivity contribution >= 4 is 5.97 Å². The van der Waals surface area contributed by atoms with Crippen molar-refractivity contribution in [2.45, 2.75) is 33.7 Å². The summed E-state index contributed by atoms with van der Waals surface area (Å²) in [6.45, 7) is 9.19. The fourth-order valence-electron chi connectivity index (χ4n) is 0.858. The third-order valence-electron chi connectivity index (χ3n) is 2.44. The molecule has 0 spiro atoms. The van der Waals surface area contributed by atoms with E-state index >= 15 is 0 Å². The minimum absolute atomic E-state index is 0.198. The summed E-state index contributed by atoms with van der Waals surface area (Å²) < 4.78 is 4.60. The maximum Gasteiger partial charge on any atom is 0.322 e. The maximum atomic E-state index is 11.0. The first-order valence-corrected chi connectivity index (χ1v) is 4.80. The van der Waals surface area contributed by atoms with Crippen LogP contribution in [0.25, 0.3) is 0 Å². The number of hydrogen-bond acceptors (Lipinski definition) is 3. The summed E-state index contributed by atoms with van der Waals surface area (Å²) in [6, 6.07) is -0.203. The Morgan fingerprint density at radius 3 is 2.23 bits per heavy atom. The molecule has 0 saturated heterocycles. The number of esters is 1. The zero-order chi connectivity index (χ0) is 10.4. The first-order valence-electron chi connectivity index (χ1n) is 4.80. The van der Waals surface area contributed by atoms with Gasteiger partial charge in [0.05, 0.1) is 7.11 Å². The van der Waals surface area contributed by atoms with Crippen LogP contribution in [-0.2, 0) is 9.53 Å². The van der Waals surface area contributed by atoms with E-state index in [4.69, 9.17) is 0 Å². The molecule has 2 atom stereocenters. The fourth-order valence-corrected chi connectivity index (χ4v) is 0.858. The van der Waals surface area contributed by atoms with Crippen LogP contribution in [0.15, 0.2) is 0 Å². The minimum Gasteiger partial charge on any atom is -0.468 e. The van der Waals surface area contributed by atoms with Crippen LogP contribution >= 0.6 is 0 Å². The lowest BCUT2D eigenvalue weighted by Crippen LogP contribution is -2.38. The van der Waals surface area contributed by atoms with E-state index in [0.717, 1.165) is 6.54 Å². The normalized spacial score (nSPS) is 15.5. The average Bonchev–Trinajstić information content (AvgIpc) is 2.11. The molecule has 0 bridgehead atoms. The van der Waals surface area contributed by atoms with E-state index in [1.54, 1.807) is 0 Å². The Morgan fingerprint density at radius 1 is 1.31 bits per heavy atom. The van der Waals surface area contributed by atoms with Crippen LogP contribution in [0.2, 0.25) is 0 Å². The summed E-state index contributed by atoms with van der Waals surface area (Å²) in [5.74, 6) is 1.01. The van der Waals surface area contributed by atoms with Crippen molar-refractivity contribution in [3.63, 3.8) is 0 Å². The van der Waals surface area contributed by atoms with Gasteiger partial charge < -0.3 is 10.1 Å². The van der Waals surface area contributed by atoms with E-state index in [0.29, 0.717) is 11.8 Å². The van der Waals surface area contributed by atoms with Crippen molar-refractivity contribution in [3.8, 4) is 0 Å². The number of ether oxygens (including phenoxy) is 1. The predicted octanol–water partition coefficient (Wildman–Crippen LogP) is 1.43. The summed E-state index contributed by atoms with van der Waals surface area (Å²) in [4.78, 5) is 11.0. The second-order valence-corrected chi connectivity index (χ2v) is 3.87. The van der Waals surface area contributed by atoms with Crippen molar-refractivity contribution in [2.75, 3.05) is 13.7 Å². The number of methoxy groups -OCH3 is 1. The molecule has 3 nitrogen and oxygen atoms in total. The lowest BCUT2D eigenvalue weighted by molar-refractivity contribution is -0.142. The highest BCUT2D eigenvalue weighted by Gasteiger charge is 2.14. The quantitative estimate of drug-likeness (QED) is 0.662. The topological polar surface area (TPSA) is 38.3 Å². The molecular weight excluding hydrogens is 166 g/mol. The zero-order valence-corrected chi connectivity index (χ0v) is 9.26. The molecule has 0 fully saturated rings. The van der Waals surface area contributed by atoms with Gasteiger partial charge >= 0.3 is 5.97 Å². The summed E-state index contributed by atoms with van der Waals surface area (Å²) >= 11 is 0. The highest BCUT2D eigenvalue weighted by molar-refractivity contribution is 5.75. The summed E-state index contributed by atoms with van der Waals surface area (Å²) in [7, 11) is 1.41. The largest absolute Gasteiger partial charge is 0.468 e. The monoisotopic (exact) mass is 187 g/mol. The molecule has 13 heavy (non-hydrogen) atoms. The first kappa shape index (κ1) is 12.4. The van der Waals surface area contributed by atoms with E-state index in [-0.39, 0.29) is 12.0 Å². The van der Waals surface area contributed by atoms with Crippen molar-refractivity contribution < 1.29 is 9.53 Å². The highest BCUT2D eigenvalue weighted by Crippen LogP contribution is 2.07. The number of carbonyl (C=O) groups excluding carboxylic acids is 1. The first-order chi connectivity index (χ1) is 5.99. The van der Waals surface area contributed by atoms with E-state index in [1.165, 1.54) is 7.11 Å². The van der Waals surface area contributed by atoms with Gasteiger partial charge in [-0.1, -0.05) is 20.8 Å². The molecular formula is C10H21NO2.